The van der Waals surface area contributed by atoms with Crippen LogP contribution in [-0.4, -0.2) is 25.8 Å². The average Bonchev–Trinajstić information content (AvgIpc) is 2.72. The molecule has 0 aromatic carbocycles. The molecule has 4 heteroatoms. The summed E-state index contributed by atoms with van der Waals surface area (Å²) >= 11 is 5.42. The second kappa shape index (κ2) is 8.31. The molecule has 18 heavy (non-hydrogen) atoms. The lowest BCUT2D eigenvalue weighted by atomic mass is 9.96. The average molecular weight is 334 g/mol. The zero-order chi connectivity index (χ0) is 13.5. The van der Waals surface area contributed by atoms with Crippen LogP contribution in [0.3, 0.4) is 0 Å². The quantitative estimate of drug-likeness (QED) is 0.773. The van der Waals surface area contributed by atoms with Gasteiger partial charge in [0.15, 0.2) is 0 Å². The fraction of sp³-hybridized carbons (Fsp3) is 0.714. The standard InChI is InChI=1S/C14H24BrNOS/c1-5-7-16-12(14(17-4)10(2)3)9-13-11(15)6-8-18-13/h6,8,10,12,14,16H,5,7,9H2,1-4H3. The van der Waals surface area contributed by atoms with Gasteiger partial charge in [0.2, 0.25) is 0 Å². The first-order chi connectivity index (χ1) is 8.60. The first-order valence-corrected chi connectivity index (χ1v) is 8.25. The van der Waals surface area contributed by atoms with Crippen LogP contribution in [0.15, 0.2) is 15.9 Å². The van der Waals surface area contributed by atoms with Crippen LogP contribution in [0, 0.1) is 5.92 Å². The maximum Gasteiger partial charge on any atom is 0.0750 e. The molecule has 0 radical (unpaired) electrons. The normalized spacial score (nSPS) is 15.0. The van der Waals surface area contributed by atoms with Gasteiger partial charge in [0.05, 0.1) is 6.10 Å². The minimum Gasteiger partial charge on any atom is -0.380 e. The molecular weight excluding hydrogens is 310 g/mol. The first kappa shape index (κ1) is 16.2. The third-order valence-electron chi connectivity index (χ3n) is 3.08. The number of ether oxygens (including phenoxy) is 1. The van der Waals surface area contributed by atoms with Crippen molar-refractivity contribution < 1.29 is 4.74 Å². The molecule has 0 aliphatic carbocycles. The highest BCUT2D eigenvalue weighted by molar-refractivity contribution is 9.10. The highest BCUT2D eigenvalue weighted by Gasteiger charge is 2.25. The van der Waals surface area contributed by atoms with Crippen molar-refractivity contribution in [1.82, 2.24) is 5.32 Å². The fourth-order valence-corrected chi connectivity index (χ4v) is 3.78. The van der Waals surface area contributed by atoms with Crippen molar-refractivity contribution in [3.05, 3.63) is 20.8 Å². The van der Waals surface area contributed by atoms with Crippen LogP contribution in [0.25, 0.3) is 0 Å². The summed E-state index contributed by atoms with van der Waals surface area (Å²) in [6, 6.07) is 2.50. The van der Waals surface area contributed by atoms with Gasteiger partial charge in [0.25, 0.3) is 0 Å². The van der Waals surface area contributed by atoms with Gasteiger partial charge in [-0.05, 0) is 46.3 Å². The Balaban J connectivity index is 2.74. The highest BCUT2D eigenvalue weighted by Crippen LogP contribution is 2.26. The van der Waals surface area contributed by atoms with Crippen LogP contribution < -0.4 is 5.32 Å². The molecule has 0 aliphatic heterocycles. The van der Waals surface area contributed by atoms with Crippen molar-refractivity contribution in [2.45, 2.75) is 45.8 Å². The van der Waals surface area contributed by atoms with E-state index in [0.717, 1.165) is 19.4 Å². The van der Waals surface area contributed by atoms with E-state index in [4.69, 9.17) is 4.74 Å². The number of hydrogen-bond donors (Lipinski definition) is 1. The van der Waals surface area contributed by atoms with Gasteiger partial charge in [0.1, 0.15) is 0 Å². The molecule has 0 bridgehead atoms. The van der Waals surface area contributed by atoms with Crippen LogP contribution in [0.4, 0.5) is 0 Å². The van der Waals surface area contributed by atoms with E-state index < -0.39 is 0 Å². The number of thiophene rings is 1. The number of methoxy groups -OCH3 is 1. The second-order valence-corrected chi connectivity index (χ2v) is 6.76. The summed E-state index contributed by atoms with van der Waals surface area (Å²) in [5, 5.41) is 5.76. The summed E-state index contributed by atoms with van der Waals surface area (Å²) in [4.78, 5) is 1.39. The van der Waals surface area contributed by atoms with Gasteiger partial charge in [-0.2, -0.15) is 0 Å². The molecule has 0 aliphatic rings. The lowest BCUT2D eigenvalue weighted by Crippen LogP contribution is -2.45. The lowest BCUT2D eigenvalue weighted by molar-refractivity contribution is 0.0334. The third kappa shape index (κ3) is 4.65. The van der Waals surface area contributed by atoms with E-state index >= 15 is 0 Å². The summed E-state index contributed by atoms with van der Waals surface area (Å²) in [6.45, 7) is 7.68. The summed E-state index contributed by atoms with van der Waals surface area (Å²) in [6.07, 6.45) is 2.43. The van der Waals surface area contributed by atoms with Gasteiger partial charge in [-0.3, -0.25) is 0 Å². The van der Waals surface area contributed by atoms with E-state index in [1.807, 2.05) is 18.4 Å². The zero-order valence-electron chi connectivity index (χ0n) is 11.7. The van der Waals surface area contributed by atoms with Gasteiger partial charge in [-0.15, -0.1) is 11.3 Å². The van der Waals surface area contributed by atoms with Crippen molar-refractivity contribution in [1.29, 1.82) is 0 Å². The zero-order valence-corrected chi connectivity index (χ0v) is 14.1. The minimum atomic E-state index is 0.255. The summed E-state index contributed by atoms with van der Waals surface area (Å²) in [7, 11) is 1.81. The number of halogens is 1. The van der Waals surface area contributed by atoms with Crippen molar-refractivity contribution in [3.63, 3.8) is 0 Å². The predicted octanol–water partition coefficient (Wildman–Crippen LogP) is 4.09. The smallest absolute Gasteiger partial charge is 0.0750 e. The largest absolute Gasteiger partial charge is 0.380 e. The van der Waals surface area contributed by atoms with Crippen molar-refractivity contribution in [2.24, 2.45) is 5.92 Å². The number of nitrogens with one attached hydrogen (secondary N) is 1. The monoisotopic (exact) mass is 333 g/mol. The highest BCUT2D eigenvalue weighted by atomic mass is 79.9. The van der Waals surface area contributed by atoms with E-state index in [1.165, 1.54) is 9.35 Å². The second-order valence-electron chi connectivity index (χ2n) is 4.90. The molecule has 1 N–H and O–H groups in total. The van der Waals surface area contributed by atoms with Crippen LogP contribution in [0.2, 0.25) is 0 Å². The van der Waals surface area contributed by atoms with E-state index in [1.54, 1.807) is 0 Å². The predicted molar refractivity (Wildman–Crippen MR) is 83.4 cm³/mol. The van der Waals surface area contributed by atoms with Gasteiger partial charge in [-0.1, -0.05) is 20.8 Å². The SMILES string of the molecule is CCCNC(Cc1sccc1Br)C(OC)C(C)C. The van der Waals surface area contributed by atoms with Crippen LogP contribution >= 0.6 is 27.3 Å². The van der Waals surface area contributed by atoms with E-state index in [2.05, 4.69) is 53.5 Å². The molecule has 0 spiro atoms. The molecule has 0 saturated heterocycles. The van der Waals surface area contributed by atoms with Crippen LogP contribution in [0.1, 0.15) is 32.1 Å². The Bertz CT molecular complexity index is 340. The third-order valence-corrected chi connectivity index (χ3v) is 5.03. The number of rotatable bonds is 8. The molecule has 1 rings (SSSR count). The molecule has 2 unspecified atom stereocenters. The van der Waals surface area contributed by atoms with Crippen LogP contribution in [-0.2, 0) is 11.2 Å². The summed E-state index contributed by atoms with van der Waals surface area (Å²) in [5.74, 6) is 0.517. The molecule has 2 atom stereocenters. The Morgan fingerprint density at radius 2 is 2.17 bits per heavy atom. The maximum atomic E-state index is 5.69. The minimum absolute atomic E-state index is 0.255. The van der Waals surface area contributed by atoms with E-state index in [-0.39, 0.29) is 6.10 Å². The Morgan fingerprint density at radius 3 is 2.61 bits per heavy atom. The molecule has 2 nitrogen and oxygen atoms in total. The Labute approximate surface area is 123 Å². The molecule has 0 saturated carbocycles. The van der Waals surface area contributed by atoms with Crippen molar-refractivity contribution in [2.75, 3.05) is 13.7 Å². The summed E-state index contributed by atoms with van der Waals surface area (Å²) in [5.41, 5.74) is 0. The Hall–Kier alpha value is 0.1000. The molecule has 1 heterocycles. The van der Waals surface area contributed by atoms with Crippen LogP contribution in [0.5, 0.6) is 0 Å². The van der Waals surface area contributed by atoms with Gasteiger partial charge in [0, 0.05) is 28.9 Å². The Kier molecular flexibility index (Phi) is 7.46. The molecule has 0 fully saturated rings. The number of hydrogen-bond acceptors (Lipinski definition) is 3. The van der Waals surface area contributed by atoms with Crippen molar-refractivity contribution in [3.8, 4) is 0 Å². The van der Waals surface area contributed by atoms with E-state index in [0.29, 0.717) is 12.0 Å². The van der Waals surface area contributed by atoms with Gasteiger partial charge >= 0.3 is 0 Å². The maximum absolute atomic E-state index is 5.69. The molecule has 1 aromatic rings. The van der Waals surface area contributed by atoms with Gasteiger partial charge in [-0.25, -0.2) is 0 Å². The molecular formula is C14H24BrNOS. The summed E-state index contributed by atoms with van der Waals surface area (Å²) < 4.78 is 6.90. The lowest BCUT2D eigenvalue weighted by Gasteiger charge is -2.30. The molecule has 1 aromatic heterocycles. The van der Waals surface area contributed by atoms with Gasteiger partial charge < -0.3 is 10.1 Å². The van der Waals surface area contributed by atoms with Crippen molar-refractivity contribution >= 4 is 27.3 Å². The molecule has 104 valence electrons. The topological polar surface area (TPSA) is 21.3 Å². The fourth-order valence-electron chi connectivity index (χ4n) is 2.21. The molecule has 0 amide bonds. The first-order valence-electron chi connectivity index (χ1n) is 6.58. The Morgan fingerprint density at radius 1 is 1.44 bits per heavy atom. The van der Waals surface area contributed by atoms with E-state index in [9.17, 15) is 0 Å².